The molecular weight excluding hydrogens is 617 g/mol. The molecule has 2 heteroatoms. The van der Waals surface area contributed by atoms with Gasteiger partial charge in [0.25, 0.3) is 0 Å². The summed E-state index contributed by atoms with van der Waals surface area (Å²) in [6.45, 7) is 0. The minimum Gasteiger partial charge on any atom is -0.292 e. The number of hydrogen-bond donors (Lipinski definition) is 0. The maximum atomic E-state index is 5.22. The summed E-state index contributed by atoms with van der Waals surface area (Å²) in [4.78, 5) is 5.22. The summed E-state index contributed by atoms with van der Waals surface area (Å²) < 4.78 is 2.32. The fourth-order valence-electron chi connectivity index (χ4n) is 7.87. The van der Waals surface area contributed by atoms with Crippen molar-refractivity contribution in [1.82, 2.24) is 9.55 Å². The number of benzene rings is 9. The van der Waals surface area contributed by atoms with Gasteiger partial charge in [0.1, 0.15) is 5.82 Å². The minimum atomic E-state index is 0.931. The SMILES string of the molecule is c1ccc(-c2ccc3c(-c4ccc(-c5nc6ccccc6n5-c5cccc6ccccc56)cc4)c4ccccc4c(-c4ccccc4)c3c2)cc1. The maximum Gasteiger partial charge on any atom is 0.145 e. The van der Waals surface area contributed by atoms with Gasteiger partial charge in [-0.3, -0.25) is 4.57 Å². The van der Waals surface area contributed by atoms with Crippen LogP contribution in [0.15, 0.2) is 194 Å². The molecule has 0 bridgehead atoms. The average molecular weight is 649 g/mol. The predicted octanol–water partition coefficient (Wildman–Crippen LogP) is 13.2. The van der Waals surface area contributed by atoms with Crippen LogP contribution in [0.5, 0.6) is 0 Å². The first kappa shape index (κ1) is 29.2. The van der Waals surface area contributed by atoms with Gasteiger partial charge in [-0.1, -0.05) is 170 Å². The number of nitrogens with zero attached hydrogens (tertiary/aromatic N) is 2. The largest absolute Gasteiger partial charge is 0.292 e. The lowest BCUT2D eigenvalue weighted by atomic mass is 9.84. The first-order valence-electron chi connectivity index (χ1n) is 17.5. The Morgan fingerprint density at radius 3 is 1.63 bits per heavy atom. The lowest BCUT2D eigenvalue weighted by Crippen LogP contribution is -1.98. The van der Waals surface area contributed by atoms with Gasteiger partial charge in [-0.15, -0.1) is 0 Å². The second kappa shape index (κ2) is 12.0. The summed E-state index contributed by atoms with van der Waals surface area (Å²) in [5.74, 6) is 0.931. The van der Waals surface area contributed by atoms with Crippen LogP contribution in [-0.2, 0) is 0 Å². The van der Waals surface area contributed by atoms with E-state index in [0.29, 0.717) is 0 Å². The van der Waals surface area contributed by atoms with Crippen molar-refractivity contribution in [2.24, 2.45) is 0 Å². The number of hydrogen-bond acceptors (Lipinski definition) is 1. The molecule has 10 rings (SSSR count). The molecule has 9 aromatic carbocycles. The van der Waals surface area contributed by atoms with Crippen LogP contribution in [0.1, 0.15) is 0 Å². The van der Waals surface area contributed by atoms with Crippen molar-refractivity contribution in [3.63, 3.8) is 0 Å². The van der Waals surface area contributed by atoms with Gasteiger partial charge in [-0.05, 0) is 84.6 Å². The van der Waals surface area contributed by atoms with Gasteiger partial charge in [-0.2, -0.15) is 0 Å². The summed E-state index contributed by atoms with van der Waals surface area (Å²) in [6.07, 6.45) is 0. The van der Waals surface area contributed by atoms with Crippen LogP contribution >= 0.6 is 0 Å². The molecule has 0 saturated heterocycles. The van der Waals surface area contributed by atoms with Crippen LogP contribution in [-0.4, -0.2) is 9.55 Å². The third kappa shape index (κ3) is 4.84. The highest BCUT2D eigenvalue weighted by Gasteiger charge is 2.19. The molecule has 0 unspecified atom stereocenters. The number of fused-ring (bicyclic) bond motifs is 4. The standard InChI is InChI=1S/C49H32N2/c1-3-14-33(15-4-1)38-30-31-42-43(32-38)48(35-17-5-2-6-18-35)41-22-10-9-21-40(41)47(42)36-26-28-37(29-27-36)49-50-44-23-11-12-24-46(44)51(49)45-25-13-19-34-16-7-8-20-39(34)45/h1-32H. The summed E-state index contributed by atoms with van der Waals surface area (Å²) in [7, 11) is 0. The van der Waals surface area contributed by atoms with Crippen LogP contribution in [0.25, 0.3) is 93.8 Å². The summed E-state index contributed by atoms with van der Waals surface area (Å²) >= 11 is 0. The molecule has 0 radical (unpaired) electrons. The van der Waals surface area contributed by atoms with Gasteiger partial charge < -0.3 is 0 Å². The van der Waals surface area contributed by atoms with Gasteiger partial charge >= 0.3 is 0 Å². The van der Waals surface area contributed by atoms with E-state index in [2.05, 4.69) is 199 Å². The van der Waals surface area contributed by atoms with Crippen molar-refractivity contribution < 1.29 is 0 Å². The molecule has 10 aromatic rings. The molecule has 1 heterocycles. The fraction of sp³-hybridized carbons (Fsp3) is 0. The molecule has 0 saturated carbocycles. The second-order valence-electron chi connectivity index (χ2n) is 13.1. The second-order valence-corrected chi connectivity index (χ2v) is 13.1. The number of rotatable bonds is 5. The van der Waals surface area contributed by atoms with Crippen LogP contribution in [0.4, 0.5) is 0 Å². The smallest absolute Gasteiger partial charge is 0.145 e. The van der Waals surface area contributed by atoms with E-state index in [4.69, 9.17) is 4.98 Å². The molecule has 0 spiro atoms. The molecular formula is C49H32N2. The summed E-state index contributed by atoms with van der Waals surface area (Å²) in [6, 6.07) is 69.9. The van der Waals surface area contributed by atoms with Crippen LogP contribution in [0, 0.1) is 0 Å². The number of aromatic nitrogens is 2. The molecule has 0 aliphatic heterocycles. The Labute approximate surface area is 296 Å². The lowest BCUT2D eigenvalue weighted by Gasteiger charge is -2.19. The lowest BCUT2D eigenvalue weighted by molar-refractivity contribution is 1.11. The average Bonchev–Trinajstić information content (AvgIpc) is 3.60. The van der Waals surface area contributed by atoms with E-state index >= 15 is 0 Å². The van der Waals surface area contributed by atoms with E-state index < -0.39 is 0 Å². The normalized spacial score (nSPS) is 11.5. The first-order valence-corrected chi connectivity index (χ1v) is 17.5. The van der Waals surface area contributed by atoms with E-state index in [-0.39, 0.29) is 0 Å². The van der Waals surface area contributed by atoms with Gasteiger partial charge in [0, 0.05) is 10.9 Å². The zero-order valence-electron chi connectivity index (χ0n) is 27.9. The Balaban J connectivity index is 1.20. The molecule has 238 valence electrons. The monoisotopic (exact) mass is 648 g/mol. The molecule has 0 atom stereocenters. The summed E-state index contributed by atoms with van der Waals surface area (Å²) in [5, 5.41) is 7.39. The first-order chi connectivity index (χ1) is 25.3. The summed E-state index contributed by atoms with van der Waals surface area (Å²) in [5.41, 5.74) is 11.6. The molecule has 51 heavy (non-hydrogen) atoms. The van der Waals surface area contributed by atoms with E-state index in [1.54, 1.807) is 0 Å². The molecule has 0 fully saturated rings. The fourth-order valence-corrected chi connectivity index (χ4v) is 7.87. The van der Waals surface area contributed by atoms with Crippen molar-refractivity contribution in [3.8, 4) is 50.5 Å². The van der Waals surface area contributed by atoms with E-state index in [9.17, 15) is 0 Å². The highest BCUT2D eigenvalue weighted by Crippen LogP contribution is 2.45. The molecule has 1 aromatic heterocycles. The van der Waals surface area contributed by atoms with Crippen molar-refractivity contribution in [2.45, 2.75) is 0 Å². The Morgan fingerprint density at radius 1 is 0.333 bits per heavy atom. The van der Waals surface area contributed by atoms with Crippen molar-refractivity contribution >= 4 is 43.4 Å². The number of imidazole rings is 1. The Morgan fingerprint density at radius 2 is 0.863 bits per heavy atom. The molecule has 2 nitrogen and oxygen atoms in total. The Bertz CT molecular complexity index is 2880. The van der Waals surface area contributed by atoms with Crippen LogP contribution < -0.4 is 0 Å². The zero-order chi connectivity index (χ0) is 33.7. The quantitative estimate of drug-likeness (QED) is 0.170. The van der Waals surface area contributed by atoms with E-state index in [1.807, 2.05) is 0 Å². The van der Waals surface area contributed by atoms with Gasteiger partial charge in [-0.25, -0.2) is 4.98 Å². The van der Waals surface area contributed by atoms with Crippen molar-refractivity contribution in [2.75, 3.05) is 0 Å². The van der Waals surface area contributed by atoms with Crippen LogP contribution in [0.3, 0.4) is 0 Å². The van der Waals surface area contributed by atoms with Crippen LogP contribution in [0.2, 0.25) is 0 Å². The van der Waals surface area contributed by atoms with E-state index in [1.165, 1.54) is 65.7 Å². The van der Waals surface area contributed by atoms with Crippen molar-refractivity contribution in [1.29, 1.82) is 0 Å². The number of para-hydroxylation sites is 2. The van der Waals surface area contributed by atoms with Gasteiger partial charge in [0.15, 0.2) is 0 Å². The van der Waals surface area contributed by atoms with E-state index in [0.717, 1.165) is 28.1 Å². The highest BCUT2D eigenvalue weighted by molar-refractivity contribution is 6.22. The topological polar surface area (TPSA) is 17.8 Å². The zero-order valence-corrected chi connectivity index (χ0v) is 27.9. The minimum absolute atomic E-state index is 0.931. The van der Waals surface area contributed by atoms with Crippen molar-refractivity contribution in [3.05, 3.63) is 194 Å². The third-order valence-electron chi connectivity index (χ3n) is 10.2. The predicted molar refractivity (Wildman–Crippen MR) is 215 cm³/mol. The Kier molecular flexibility index (Phi) is 6.85. The highest BCUT2D eigenvalue weighted by atomic mass is 15.1. The molecule has 0 N–H and O–H groups in total. The third-order valence-corrected chi connectivity index (χ3v) is 10.2. The maximum absolute atomic E-state index is 5.22. The molecule has 0 aliphatic rings. The molecule has 0 amide bonds. The van der Waals surface area contributed by atoms with Gasteiger partial charge in [0.05, 0.1) is 16.7 Å². The van der Waals surface area contributed by atoms with Gasteiger partial charge in [0.2, 0.25) is 0 Å². The Hall–Kier alpha value is -6.77. The molecule has 0 aliphatic carbocycles.